The third kappa shape index (κ3) is 34.1. The Labute approximate surface area is 40.6 Å². The van der Waals surface area contributed by atoms with Gasteiger partial charge in [0.05, 0.1) is 0 Å². The van der Waals surface area contributed by atoms with Gasteiger partial charge in [0.25, 0.3) is 0 Å². The van der Waals surface area contributed by atoms with Crippen LogP contribution in [0, 0.1) is 0 Å². The molecule has 0 aliphatic heterocycles. The van der Waals surface area contributed by atoms with Gasteiger partial charge in [0.15, 0.2) is 0 Å². The fourth-order valence-corrected chi connectivity index (χ4v) is 0. The Morgan fingerprint density at radius 1 is 1.29 bits per heavy atom. The lowest BCUT2D eigenvalue weighted by molar-refractivity contribution is -0.0979. The molecule has 0 radical (unpaired) electrons. The van der Waals surface area contributed by atoms with E-state index in [-0.39, 0.29) is 5.48 Å². The monoisotopic (exact) mass is 108 g/mol. The number of rotatable bonds is 0. The number of hydrogen-bond donors (Lipinski definition) is 2. The highest BCUT2D eigenvalue weighted by molar-refractivity contribution is 5.69. The summed E-state index contributed by atoms with van der Waals surface area (Å²) in [7, 11) is 0. The van der Waals surface area contributed by atoms with Crippen molar-refractivity contribution in [3.8, 4) is 0 Å². The van der Waals surface area contributed by atoms with E-state index in [2.05, 4.69) is 11.5 Å². The summed E-state index contributed by atoms with van der Waals surface area (Å²) in [5, 5.41) is 0. The molecule has 0 aromatic carbocycles. The van der Waals surface area contributed by atoms with Crippen molar-refractivity contribution in [2.45, 2.75) is 0 Å². The standard InChI is InChI=1S/CH4N2O.CH2O.H2O/c2-1(3)4;1-2;/h(H4,2,3,4);1H2;1H2. The van der Waals surface area contributed by atoms with Gasteiger partial charge in [0.2, 0.25) is 0 Å². The Bertz CT molecular complexity index is 42.2. The molecule has 7 heavy (non-hydrogen) atoms. The van der Waals surface area contributed by atoms with E-state index in [0.717, 1.165) is 0 Å². The van der Waals surface area contributed by atoms with Crippen LogP contribution >= 0.6 is 0 Å². The van der Waals surface area contributed by atoms with Gasteiger partial charge in [-0.3, -0.25) is 0 Å². The van der Waals surface area contributed by atoms with E-state index in [4.69, 9.17) is 9.59 Å². The summed E-state index contributed by atoms with van der Waals surface area (Å²) >= 11 is 0. The van der Waals surface area contributed by atoms with Crippen LogP contribution in [0.15, 0.2) is 0 Å². The number of hydrogen-bond acceptors (Lipinski definition) is 2. The zero-order valence-electron chi connectivity index (χ0n) is 3.68. The van der Waals surface area contributed by atoms with Crippen molar-refractivity contribution in [3.63, 3.8) is 0 Å². The average molecular weight is 108 g/mol. The summed E-state index contributed by atoms with van der Waals surface area (Å²) in [6.07, 6.45) is 0. The van der Waals surface area contributed by atoms with E-state index in [0.29, 0.717) is 0 Å². The molecule has 5 nitrogen and oxygen atoms in total. The van der Waals surface area contributed by atoms with E-state index in [9.17, 15) is 0 Å². The van der Waals surface area contributed by atoms with Gasteiger partial charge in [-0.2, -0.15) is 0 Å². The molecule has 0 heterocycles. The van der Waals surface area contributed by atoms with Crippen LogP contribution in [0.1, 0.15) is 0 Å². The molecule has 0 saturated carbocycles. The molecule has 0 aliphatic carbocycles. The third-order valence-corrected chi connectivity index (χ3v) is 0. The fraction of sp³-hybridized carbons (Fsp3) is 0. The summed E-state index contributed by atoms with van der Waals surface area (Å²) in [4.78, 5) is 17.0. The molecule has 0 aromatic heterocycles. The second-order valence-corrected chi connectivity index (χ2v) is 0.402. The van der Waals surface area contributed by atoms with Gasteiger partial charge in [0, 0.05) is 0 Å². The molecule has 0 fully saturated rings. The molecule has 0 aromatic rings. The first-order valence-corrected chi connectivity index (χ1v) is 1.07. The van der Waals surface area contributed by atoms with E-state index in [1.54, 1.807) is 0 Å². The second-order valence-electron chi connectivity index (χ2n) is 0.402. The molecule has 44 valence electrons. The predicted molar refractivity (Wildman–Crippen MR) is 24.5 cm³/mol. The van der Waals surface area contributed by atoms with E-state index in [1.165, 1.54) is 0 Å². The number of carbonyl (C=O) groups is 2. The van der Waals surface area contributed by atoms with Crippen LogP contribution < -0.4 is 11.5 Å². The van der Waals surface area contributed by atoms with Crippen molar-refractivity contribution >= 4 is 12.8 Å². The summed E-state index contributed by atoms with van der Waals surface area (Å²) in [6.45, 7) is 2.00. The van der Waals surface area contributed by atoms with Gasteiger partial charge in [-0.15, -0.1) is 0 Å². The topological polar surface area (TPSA) is 118 Å². The van der Waals surface area contributed by atoms with Crippen LogP contribution in [0.4, 0.5) is 4.79 Å². The minimum atomic E-state index is -0.833. The first kappa shape index (κ1) is 16.8. The maximum absolute atomic E-state index is 9.00. The Kier molecular flexibility index (Phi) is 49.7. The lowest BCUT2D eigenvalue weighted by Gasteiger charge is -1.62. The van der Waals surface area contributed by atoms with Gasteiger partial charge < -0.3 is 21.7 Å². The molecule has 6 N–H and O–H groups in total. The fourth-order valence-electron chi connectivity index (χ4n) is 0. The highest BCUT2D eigenvalue weighted by Crippen LogP contribution is 1.25. The maximum atomic E-state index is 9.00. The van der Waals surface area contributed by atoms with E-state index in [1.807, 2.05) is 6.79 Å². The van der Waals surface area contributed by atoms with Crippen LogP contribution in [0.3, 0.4) is 0 Å². The molecule has 0 atom stereocenters. The van der Waals surface area contributed by atoms with Crippen LogP contribution in [0.25, 0.3) is 0 Å². The zero-order chi connectivity index (χ0) is 5.58. The molecule has 0 aliphatic rings. The van der Waals surface area contributed by atoms with Gasteiger partial charge in [-0.05, 0) is 0 Å². The molecule has 5 heteroatoms. The number of carbonyl (C=O) groups excluding carboxylic acids is 2. The van der Waals surface area contributed by atoms with Crippen molar-refractivity contribution < 1.29 is 15.1 Å². The highest BCUT2D eigenvalue weighted by Gasteiger charge is 1.60. The van der Waals surface area contributed by atoms with Crippen LogP contribution in [0.2, 0.25) is 0 Å². The summed E-state index contributed by atoms with van der Waals surface area (Å²) in [6, 6.07) is -0.833. The Morgan fingerprint density at radius 2 is 1.29 bits per heavy atom. The Balaban J connectivity index is -0.0000000480. The minimum Gasteiger partial charge on any atom is -0.412 e. The normalized spacial score (nSPS) is 4.00. The van der Waals surface area contributed by atoms with Gasteiger partial charge in [-0.1, -0.05) is 0 Å². The van der Waals surface area contributed by atoms with Crippen LogP contribution in [-0.2, 0) is 4.79 Å². The third-order valence-electron chi connectivity index (χ3n) is 0. The Hall–Kier alpha value is -1.10. The molecular formula is C2H8N2O3. The molecule has 0 bridgehead atoms. The first-order chi connectivity index (χ1) is 2.73. The summed E-state index contributed by atoms with van der Waals surface area (Å²) < 4.78 is 0. The average Bonchev–Trinajstić information content (AvgIpc) is 1.41. The molecule has 2 amide bonds. The van der Waals surface area contributed by atoms with Crippen molar-refractivity contribution in [3.05, 3.63) is 0 Å². The Morgan fingerprint density at radius 3 is 1.29 bits per heavy atom. The van der Waals surface area contributed by atoms with Crippen molar-refractivity contribution in [2.24, 2.45) is 11.5 Å². The summed E-state index contributed by atoms with van der Waals surface area (Å²) in [5.41, 5.74) is 8.50. The largest absolute Gasteiger partial charge is 0.412 e. The smallest absolute Gasteiger partial charge is 0.309 e. The zero-order valence-corrected chi connectivity index (χ0v) is 3.68. The summed E-state index contributed by atoms with van der Waals surface area (Å²) in [5.74, 6) is 0. The molecule has 0 unspecified atom stereocenters. The number of amides is 2. The predicted octanol–water partition coefficient (Wildman–Crippen LogP) is -1.99. The quantitative estimate of drug-likeness (QED) is 0.373. The number of urea groups is 1. The second kappa shape index (κ2) is 20.6. The number of primary amides is 2. The van der Waals surface area contributed by atoms with Crippen molar-refractivity contribution in [1.29, 1.82) is 0 Å². The highest BCUT2D eigenvalue weighted by atomic mass is 16.2. The minimum absolute atomic E-state index is 0. The lowest BCUT2D eigenvalue weighted by Crippen LogP contribution is -2.18. The maximum Gasteiger partial charge on any atom is 0.309 e. The molecular weight excluding hydrogens is 100 g/mol. The number of nitrogens with two attached hydrogens (primary N) is 2. The van der Waals surface area contributed by atoms with Gasteiger partial charge >= 0.3 is 6.03 Å². The first-order valence-electron chi connectivity index (χ1n) is 1.07. The SMILES string of the molecule is C=O.NC(N)=O.O. The molecule has 0 rings (SSSR count). The molecule has 0 spiro atoms. The van der Waals surface area contributed by atoms with Gasteiger partial charge in [0.1, 0.15) is 6.79 Å². The van der Waals surface area contributed by atoms with E-state index < -0.39 is 6.03 Å². The lowest BCUT2D eigenvalue weighted by atomic mass is 11.2. The van der Waals surface area contributed by atoms with Crippen molar-refractivity contribution in [2.75, 3.05) is 0 Å². The van der Waals surface area contributed by atoms with Gasteiger partial charge in [-0.25, -0.2) is 4.79 Å². The van der Waals surface area contributed by atoms with Crippen LogP contribution in [0.5, 0.6) is 0 Å². The van der Waals surface area contributed by atoms with E-state index >= 15 is 0 Å². The van der Waals surface area contributed by atoms with Crippen molar-refractivity contribution in [1.82, 2.24) is 0 Å². The van der Waals surface area contributed by atoms with Crippen LogP contribution in [-0.4, -0.2) is 18.3 Å². The molecule has 0 saturated heterocycles.